The predicted octanol–water partition coefficient (Wildman–Crippen LogP) is 1.80. The molecule has 3 nitrogen and oxygen atoms in total. The lowest BCUT2D eigenvalue weighted by Crippen LogP contribution is -2.23. The Morgan fingerprint density at radius 3 is 2.57 bits per heavy atom. The van der Waals surface area contributed by atoms with Crippen LogP contribution in [0.15, 0.2) is 29.3 Å². The van der Waals surface area contributed by atoms with Crippen LogP contribution < -0.4 is 5.32 Å². The topological polar surface area (TPSA) is 41.5 Å². The van der Waals surface area contributed by atoms with E-state index < -0.39 is 0 Å². The molecule has 0 spiro atoms. The van der Waals surface area contributed by atoms with Gasteiger partial charge in [-0.2, -0.15) is 4.99 Å². The van der Waals surface area contributed by atoms with Crippen LogP contribution in [0.5, 0.6) is 0 Å². The molecule has 0 saturated heterocycles. The number of aliphatic imine (C=N–C) groups is 1. The summed E-state index contributed by atoms with van der Waals surface area (Å²) in [5.74, 6) is 0. The minimum Gasteiger partial charge on any atom is -0.317 e. The summed E-state index contributed by atoms with van der Waals surface area (Å²) >= 11 is 0. The van der Waals surface area contributed by atoms with Crippen LogP contribution in [-0.4, -0.2) is 19.2 Å². The van der Waals surface area contributed by atoms with Crippen LogP contribution in [0.1, 0.15) is 12.5 Å². The van der Waals surface area contributed by atoms with Crippen molar-refractivity contribution >= 4 is 11.8 Å². The first-order valence-corrected chi connectivity index (χ1v) is 4.60. The maximum Gasteiger partial charge on any atom is 0.240 e. The maximum absolute atomic E-state index is 9.98. The number of rotatable bonds is 4. The summed E-state index contributed by atoms with van der Waals surface area (Å²) in [6.45, 7) is 2.12. The number of nitrogens with zero attached hydrogens (tertiary/aromatic N) is 1. The van der Waals surface area contributed by atoms with Gasteiger partial charge < -0.3 is 5.32 Å². The SMILES string of the molecule is CNC(C)Cc1ccc(N=C=O)cc1. The molecule has 0 aliphatic rings. The van der Waals surface area contributed by atoms with E-state index in [2.05, 4.69) is 17.2 Å². The molecule has 1 N–H and O–H groups in total. The molecular formula is C11H14N2O. The number of carbonyl (C=O) groups excluding carboxylic acids is 1. The van der Waals surface area contributed by atoms with Crippen molar-refractivity contribution in [2.45, 2.75) is 19.4 Å². The van der Waals surface area contributed by atoms with Crippen LogP contribution in [0.25, 0.3) is 0 Å². The van der Waals surface area contributed by atoms with Crippen LogP contribution in [0.3, 0.4) is 0 Å². The fraction of sp³-hybridized carbons (Fsp3) is 0.364. The van der Waals surface area contributed by atoms with Gasteiger partial charge in [-0.15, -0.1) is 0 Å². The van der Waals surface area contributed by atoms with Gasteiger partial charge in [-0.1, -0.05) is 12.1 Å². The smallest absolute Gasteiger partial charge is 0.240 e. The van der Waals surface area contributed by atoms with Crippen LogP contribution >= 0.6 is 0 Å². The molecule has 3 heteroatoms. The van der Waals surface area contributed by atoms with E-state index in [1.807, 2.05) is 31.3 Å². The van der Waals surface area contributed by atoms with Gasteiger partial charge in [-0.25, -0.2) is 4.79 Å². The Labute approximate surface area is 83.9 Å². The highest BCUT2D eigenvalue weighted by atomic mass is 16.1. The number of nitrogens with one attached hydrogen (secondary N) is 1. The summed E-state index contributed by atoms with van der Waals surface area (Å²) in [7, 11) is 1.94. The van der Waals surface area contributed by atoms with Crippen molar-refractivity contribution in [2.75, 3.05) is 7.05 Å². The second-order valence-corrected chi connectivity index (χ2v) is 3.26. The lowest BCUT2D eigenvalue weighted by molar-refractivity contribution is 0.565. The summed E-state index contributed by atoms with van der Waals surface area (Å²) in [6, 6.07) is 8.05. The van der Waals surface area contributed by atoms with Crippen LogP contribution in [0.4, 0.5) is 5.69 Å². The first-order chi connectivity index (χ1) is 6.76. The highest BCUT2D eigenvalue weighted by Gasteiger charge is 1.99. The first kappa shape index (κ1) is 10.6. The zero-order valence-corrected chi connectivity index (χ0v) is 8.45. The zero-order valence-electron chi connectivity index (χ0n) is 8.45. The fourth-order valence-corrected chi connectivity index (χ4v) is 1.21. The number of likely N-dealkylation sites (N-methyl/N-ethyl adjacent to an activating group) is 1. The average Bonchev–Trinajstić information content (AvgIpc) is 2.21. The van der Waals surface area contributed by atoms with Crippen molar-refractivity contribution in [3.8, 4) is 0 Å². The van der Waals surface area contributed by atoms with E-state index in [4.69, 9.17) is 0 Å². The van der Waals surface area contributed by atoms with Gasteiger partial charge in [0.1, 0.15) is 0 Å². The Hall–Kier alpha value is -1.44. The molecule has 1 aromatic rings. The summed E-state index contributed by atoms with van der Waals surface area (Å²) in [6.07, 6.45) is 2.49. The zero-order chi connectivity index (χ0) is 10.4. The third kappa shape index (κ3) is 3.13. The molecule has 0 bridgehead atoms. The van der Waals surface area contributed by atoms with E-state index >= 15 is 0 Å². The third-order valence-corrected chi connectivity index (χ3v) is 2.15. The molecule has 1 unspecified atom stereocenters. The van der Waals surface area contributed by atoms with Crippen molar-refractivity contribution < 1.29 is 4.79 Å². The molecule has 0 amide bonds. The van der Waals surface area contributed by atoms with Crippen molar-refractivity contribution in [3.05, 3.63) is 29.8 Å². The fourth-order valence-electron chi connectivity index (χ4n) is 1.21. The van der Waals surface area contributed by atoms with Crippen molar-refractivity contribution in [1.29, 1.82) is 0 Å². The molecule has 1 rings (SSSR count). The second-order valence-electron chi connectivity index (χ2n) is 3.26. The van der Waals surface area contributed by atoms with Gasteiger partial charge in [0.25, 0.3) is 0 Å². The summed E-state index contributed by atoms with van der Waals surface area (Å²) in [5.41, 5.74) is 1.89. The number of benzene rings is 1. The molecular weight excluding hydrogens is 176 g/mol. The Morgan fingerprint density at radius 2 is 2.07 bits per heavy atom. The predicted molar refractivity (Wildman–Crippen MR) is 56.4 cm³/mol. The number of hydrogen-bond acceptors (Lipinski definition) is 3. The van der Waals surface area contributed by atoms with E-state index in [1.54, 1.807) is 0 Å². The van der Waals surface area contributed by atoms with Crippen LogP contribution in [-0.2, 0) is 11.2 Å². The first-order valence-electron chi connectivity index (χ1n) is 4.60. The summed E-state index contributed by atoms with van der Waals surface area (Å²) in [4.78, 5) is 13.5. The van der Waals surface area contributed by atoms with Gasteiger partial charge in [0.2, 0.25) is 6.08 Å². The van der Waals surface area contributed by atoms with E-state index in [9.17, 15) is 4.79 Å². The van der Waals surface area contributed by atoms with Crippen LogP contribution in [0, 0.1) is 0 Å². The Balaban J connectivity index is 2.68. The lowest BCUT2D eigenvalue weighted by Gasteiger charge is -2.09. The van der Waals surface area contributed by atoms with Gasteiger partial charge in [-0.05, 0) is 38.1 Å². The molecule has 1 atom stereocenters. The Bertz CT molecular complexity index is 326. The van der Waals surface area contributed by atoms with E-state index in [0.29, 0.717) is 11.7 Å². The second kappa shape index (κ2) is 5.32. The summed E-state index contributed by atoms with van der Waals surface area (Å²) < 4.78 is 0. The summed E-state index contributed by atoms with van der Waals surface area (Å²) in [5, 5.41) is 3.17. The van der Waals surface area contributed by atoms with Crippen LogP contribution in [0.2, 0.25) is 0 Å². The van der Waals surface area contributed by atoms with Gasteiger partial charge in [-0.3, -0.25) is 0 Å². The molecule has 0 aliphatic heterocycles. The quantitative estimate of drug-likeness (QED) is 0.581. The van der Waals surface area contributed by atoms with Crippen molar-refractivity contribution in [1.82, 2.24) is 5.32 Å². The highest BCUT2D eigenvalue weighted by molar-refractivity contribution is 5.49. The molecule has 0 saturated carbocycles. The average molecular weight is 190 g/mol. The molecule has 0 radical (unpaired) electrons. The monoisotopic (exact) mass is 190 g/mol. The van der Waals surface area contributed by atoms with Gasteiger partial charge in [0, 0.05) is 6.04 Å². The molecule has 0 heterocycles. The van der Waals surface area contributed by atoms with Gasteiger partial charge in [0.05, 0.1) is 5.69 Å². The van der Waals surface area contributed by atoms with Gasteiger partial charge >= 0.3 is 0 Å². The van der Waals surface area contributed by atoms with E-state index in [1.165, 1.54) is 11.6 Å². The van der Waals surface area contributed by atoms with E-state index in [0.717, 1.165) is 6.42 Å². The maximum atomic E-state index is 9.98. The molecule has 0 aliphatic carbocycles. The van der Waals surface area contributed by atoms with Gasteiger partial charge in [0.15, 0.2) is 0 Å². The van der Waals surface area contributed by atoms with E-state index in [-0.39, 0.29) is 0 Å². The Morgan fingerprint density at radius 1 is 1.43 bits per heavy atom. The molecule has 74 valence electrons. The normalized spacial score (nSPS) is 11.9. The van der Waals surface area contributed by atoms with Crippen molar-refractivity contribution in [3.63, 3.8) is 0 Å². The third-order valence-electron chi connectivity index (χ3n) is 2.15. The lowest BCUT2D eigenvalue weighted by atomic mass is 10.1. The molecule has 1 aromatic carbocycles. The minimum atomic E-state index is 0.454. The highest BCUT2D eigenvalue weighted by Crippen LogP contribution is 2.13. The minimum absolute atomic E-state index is 0.454. The number of isocyanates is 1. The molecule has 14 heavy (non-hydrogen) atoms. The largest absolute Gasteiger partial charge is 0.317 e. The Kier molecular flexibility index (Phi) is 4.05. The van der Waals surface area contributed by atoms with Crippen molar-refractivity contribution in [2.24, 2.45) is 4.99 Å². The standard InChI is InChI=1S/C11H14N2O/c1-9(12-2)7-10-3-5-11(6-4-10)13-8-14/h3-6,9,12H,7H2,1-2H3. The molecule has 0 aromatic heterocycles. The molecule has 0 fully saturated rings. The number of hydrogen-bond donors (Lipinski definition) is 1.